The Bertz CT molecular complexity index is 1120. The number of nitrogens with zero attached hydrogens (tertiary/aromatic N) is 3. The Labute approximate surface area is 170 Å². The first-order valence-electron chi connectivity index (χ1n) is 9.01. The molecule has 0 fully saturated rings. The van der Waals surface area contributed by atoms with E-state index < -0.39 is 0 Å². The molecule has 4 heteroatoms. The minimum atomic E-state index is 0. The number of halogens is 1. The van der Waals surface area contributed by atoms with Crippen molar-refractivity contribution in [2.75, 3.05) is 0 Å². The Morgan fingerprint density at radius 1 is 0.643 bits per heavy atom. The van der Waals surface area contributed by atoms with Crippen molar-refractivity contribution in [3.8, 4) is 22.9 Å². The van der Waals surface area contributed by atoms with E-state index in [1.807, 2.05) is 36.5 Å². The first-order valence-corrected chi connectivity index (χ1v) is 9.01. The lowest BCUT2D eigenvalue weighted by Gasteiger charge is -2.07. The number of rotatable bonds is 3. The maximum atomic E-state index is 4.64. The molecule has 0 N–H and O–H groups in total. The maximum Gasteiger partial charge on any atom is 0.267 e. The highest BCUT2D eigenvalue weighted by molar-refractivity contribution is 5.79. The standard InChI is InChI=1S/C24H18N3.ClH/c1-3-11-19(12-4-1)24-26(20-13-5-2-6-14-20)21-15-7-8-16-22(21)27(24)23-17-9-10-18-25-23;/h1-18H;1H/q+1;/p-1. The van der Waals surface area contributed by atoms with Gasteiger partial charge in [-0.15, -0.1) is 4.98 Å². The minimum Gasteiger partial charge on any atom is -1.00 e. The van der Waals surface area contributed by atoms with Gasteiger partial charge in [-0.2, -0.15) is 4.57 Å². The van der Waals surface area contributed by atoms with E-state index in [1.165, 1.54) is 0 Å². The summed E-state index contributed by atoms with van der Waals surface area (Å²) in [6, 6.07) is 35.5. The van der Waals surface area contributed by atoms with Crippen LogP contribution in [0.1, 0.15) is 0 Å². The Balaban J connectivity index is 0.00000192. The molecule has 0 saturated carbocycles. The number of fused-ring (bicyclic) bond motifs is 1. The molecule has 3 aromatic carbocycles. The second-order valence-corrected chi connectivity index (χ2v) is 6.37. The quantitative estimate of drug-likeness (QED) is 0.437. The molecule has 5 rings (SSSR count). The Morgan fingerprint density at radius 2 is 1.29 bits per heavy atom. The Morgan fingerprint density at radius 3 is 2.00 bits per heavy atom. The molecule has 2 aromatic heterocycles. The predicted molar refractivity (Wildman–Crippen MR) is 108 cm³/mol. The zero-order chi connectivity index (χ0) is 18.1. The lowest BCUT2D eigenvalue weighted by Crippen LogP contribution is -3.00. The van der Waals surface area contributed by atoms with Crippen molar-refractivity contribution in [1.82, 2.24) is 9.55 Å². The topological polar surface area (TPSA) is 21.7 Å². The zero-order valence-electron chi connectivity index (χ0n) is 15.1. The highest BCUT2D eigenvalue weighted by Crippen LogP contribution is 2.28. The van der Waals surface area contributed by atoms with Gasteiger partial charge in [0.15, 0.2) is 0 Å². The van der Waals surface area contributed by atoms with Gasteiger partial charge >= 0.3 is 0 Å². The van der Waals surface area contributed by atoms with Gasteiger partial charge in [0.2, 0.25) is 5.82 Å². The molecule has 0 unspecified atom stereocenters. The van der Waals surface area contributed by atoms with E-state index in [0.29, 0.717) is 0 Å². The molecule has 0 radical (unpaired) electrons. The van der Waals surface area contributed by atoms with Gasteiger partial charge in [-0.25, -0.2) is 4.57 Å². The number of para-hydroxylation sites is 3. The van der Waals surface area contributed by atoms with Crippen LogP contribution in [0.4, 0.5) is 0 Å². The molecule has 3 nitrogen and oxygen atoms in total. The van der Waals surface area contributed by atoms with E-state index in [-0.39, 0.29) is 12.4 Å². The largest absolute Gasteiger partial charge is 1.00 e. The van der Waals surface area contributed by atoms with Crippen molar-refractivity contribution in [3.63, 3.8) is 0 Å². The van der Waals surface area contributed by atoms with Crippen LogP contribution in [-0.2, 0) is 0 Å². The van der Waals surface area contributed by atoms with Crippen LogP contribution in [0, 0.1) is 0 Å². The third-order valence-corrected chi connectivity index (χ3v) is 4.71. The summed E-state index contributed by atoms with van der Waals surface area (Å²) >= 11 is 0. The molecular formula is C24H18ClN3. The highest BCUT2D eigenvalue weighted by Gasteiger charge is 2.26. The van der Waals surface area contributed by atoms with Crippen LogP contribution in [-0.4, -0.2) is 9.55 Å². The number of imidazole rings is 1. The third kappa shape index (κ3) is 2.96. The van der Waals surface area contributed by atoms with Crippen LogP contribution >= 0.6 is 0 Å². The summed E-state index contributed by atoms with van der Waals surface area (Å²) in [7, 11) is 0. The van der Waals surface area contributed by atoms with Gasteiger partial charge < -0.3 is 12.4 Å². The van der Waals surface area contributed by atoms with E-state index in [9.17, 15) is 0 Å². The predicted octanol–water partition coefficient (Wildman–Crippen LogP) is 1.97. The van der Waals surface area contributed by atoms with Gasteiger partial charge in [0.05, 0.1) is 0 Å². The zero-order valence-corrected chi connectivity index (χ0v) is 15.9. The van der Waals surface area contributed by atoms with Crippen molar-refractivity contribution in [1.29, 1.82) is 0 Å². The number of pyridine rings is 1. The minimum absolute atomic E-state index is 0. The number of hydrogen-bond donors (Lipinski definition) is 0. The molecule has 0 aliphatic carbocycles. The number of benzene rings is 3. The molecule has 0 bridgehead atoms. The van der Waals surface area contributed by atoms with Crippen molar-refractivity contribution in [2.24, 2.45) is 0 Å². The fourth-order valence-corrected chi connectivity index (χ4v) is 3.57. The fourth-order valence-electron chi connectivity index (χ4n) is 3.57. The van der Waals surface area contributed by atoms with Gasteiger partial charge in [0.25, 0.3) is 5.82 Å². The van der Waals surface area contributed by atoms with Crippen LogP contribution in [0.15, 0.2) is 109 Å². The SMILES string of the molecule is [Cl-].c1ccc(-c2n(-c3ccccc3)c3ccccc3[n+]2-c2ccccn2)cc1. The monoisotopic (exact) mass is 383 g/mol. The molecule has 0 atom stereocenters. The Kier molecular flexibility index (Phi) is 4.92. The first kappa shape index (κ1) is 18.0. The molecule has 2 heterocycles. The summed E-state index contributed by atoms with van der Waals surface area (Å²) in [5.41, 5.74) is 4.54. The van der Waals surface area contributed by atoms with Crippen LogP contribution in [0.5, 0.6) is 0 Å². The maximum absolute atomic E-state index is 4.64. The average Bonchev–Trinajstić information content (AvgIpc) is 3.11. The lowest BCUT2D eigenvalue weighted by molar-refractivity contribution is -0.559. The summed E-state index contributed by atoms with van der Waals surface area (Å²) in [6.07, 6.45) is 1.84. The number of aromatic nitrogens is 3. The van der Waals surface area contributed by atoms with Crippen molar-refractivity contribution in [2.45, 2.75) is 0 Å². The molecule has 0 spiro atoms. The summed E-state index contributed by atoms with van der Waals surface area (Å²) < 4.78 is 4.54. The molecular weight excluding hydrogens is 366 g/mol. The molecule has 136 valence electrons. The van der Waals surface area contributed by atoms with E-state index in [0.717, 1.165) is 33.9 Å². The Hall–Kier alpha value is -3.43. The molecule has 0 amide bonds. The van der Waals surface area contributed by atoms with E-state index in [1.54, 1.807) is 0 Å². The molecule has 5 aromatic rings. The third-order valence-electron chi connectivity index (χ3n) is 4.71. The molecule has 0 aliphatic heterocycles. The normalized spacial score (nSPS) is 10.6. The van der Waals surface area contributed by atoms with Crippen LogP contribution < -0.4 is 17.0 Å². The van der Waals surface area contributed by atoms with Crippen molar-refractivity contribution >= 4 is 11.0 Å². The van der Waals surface area contributed by atoms with E-state index in [2.05, 4.69) is 86.9 Å². The summed E-state index contributed by atoms with van der Waals surface area (Å²) in [6.45, 7) is 0. The molecule has 28 heavy (non-hydrogen) atoms. The van der Waals surface area contributed by atoms with Gasteiger partial charge in [-0.05, 0) is 42.5 Å². The summed E-state index contributed by atoms with van der Waals surface area (Å²) in [4.78, 5) is 4.64. The van der Waals surface area contributed by atoms with Crippen molar-refractivity contribution < 1.29 is 17.0 Å². The smallest absolute Gasteiger partial charge is 0.267 e. The second-order valence-electron chi connectivity index (χ2n) is 6.37. The highest BCUT2D eigenvalue weighted by atomic mass is 35.5. The number of hydrogen-bond acceptors (Lipinski definition) is 1. The van der Waals surface area contributed by atoms with E-state index in [4.69, 9.17) is 0 Å². The van der Waals surface area contributed by atoms with Gasteiger partial charge in [-0.3, -0.25) is 0 Å². The van der Waals surface area contributed by atoms with E-state index >= 15 is 0 Å². The first-order chi connectivity index (χ1) is 13.4. The van der Waals surface area contributed by atoms with Crippen LogP contribution in [0.3, 0.4) is 0 Å². The lowest BCUT2D eigenvalue weighted by atomic mass is 10.2. The fraction of sp³-hybridized carbons (Fsp3) is 0. The molecule has 0 aliphatic rings. The van der Waals surface area contributed by atoms with Gasteiger partial charge in [-0.1, -0.05) is 54.6 Å². The van der Waals surface area contributed by atoms with Gasteiger partial charge in [0, 0.05) is 11.6 Å². The van der Waals surface area contributed by atoms with Crippen LogP contribution in [0.25, 0.3) is 33.9 Å². The second kappa shape index (κ2) is 7.67. The summed E-state index contributed by atoms with van der Waals surface area (Å²) in [5.74, 6) is 1.99. The van der Waals surface area contributed by atoms with Crippen LogP contribution in [0.2, 0.25) is 0 Å². The van der Waals surface area contributed by atoms with Gasteiger partial charge in [0.1, 0.15) is 22.9 Å². The average molecular weight is 384 g/mol. The van der Waals surface area contributed by atoms with Crippen molar-refractivity contribution in [3.05, 3.63) is 109 Å². The summed E-state index contributed by atoms with van der Waals surface area (Å²) in [5, 5.41) is 0. The molecule has 0 saturated heterocycles.